The van der Waals surface area contributed by atoms with Gasteiger partial charge in [0, 0.05) is 31.5 Å². The lowest BCUT2D eigenvalue weighted by molar-refractivity contribution is -0.146. The lowest BCUT2D eigenvalue weighted by Gasteiger charge is -2.41. The number of rotatable bonds is 6. The van der Waals surface area contributed by atoms with Gasteiger partial charge in [-0.05, 0) is 19.8 Å². The first-order chi connectivity index (χ1) is 19.5. The molecule has 0 saturated carbocycles. The summed E-state index contributed by atoms with van der Waals surface area (Å²) >= 11 is 0. The van der Waals surface area contributed by atoms with Crippen LogP contribution in [0.5, 0.6) is 0 Å². The van der Waals surface area contributed by atoms with Crippen molar-refractivity contribution in [2.75, 3.05) is 30.4 Å². The molecule has 3 aliphatic rings. The van der Waals surface area contributed by atoms with Crippen molar-refractivity contribution >= 4 is 36.0 Å². The molecule has 2 fully saturated rings. The standard InChI is InChI=1S/C24H24F3N11O3/c1-13(38-12-32-19-18(38)21(40)37(7-5-28)23(41)35(19)2)20(39)34-17-11-29-10-15(33-17)14-8-30-22(31-9-14)36-6-3-4-16(36)24(25,26)27/h8-13,16,18-19H,3-4,6-7H2,1-2H3,(H,33,34,39)/t13-,16+,18?,19?/m0/s1. The van der Waals surface area contributed by atoms with Crippen LogP contribution in [0.4, 0.5) is 29.7 Å². The van der Waals surface area contributed by atoms with E-state index in [9.17, 15) is 27.6 Å². The van der Waals surface area contributed by atoms with Gasteiger partial charge in [-0.2, -0.15) is 18.4 Å². The monoisotopic (exact) mass is 571 g/mol. The zero-order valence-electron chi connectivity index (χ0n) is 21.9. The number of aliphatic imine (C=N–C) groups is 1. The summed E-state index contributed by atoms with van der Waals surface area (Å²) in [6, 6.07) is -2.43. The normalized spacial score (nSPS) is 23.1. The summed E-state index contributed by atoms with van der Waals surface area (Å²) in [5.74, 6) is -1.16. The minimum Gasteiger partial charge on any atom is -0.335 e. The second kappa shape index (κ2) is 10.6. The first kappa shape index (κ1) is 27.7. The Labute approximate surface area is 231 Å². The third-order valence-corrected chi connectivity index (χ3v) is 7.17. The molecule has 2 aromatic heterocycles. The summed E-state index contributed by atoms with van der Waals surface area (Å²) < 4.78 is 40.0. The number of aromatic nitrogens is 4. The maximum Gasteiger partial charge on any atom is 0.408 e. The highest BCUT2D eigenvalue weighted by Gasteiger charge is 2.51. The van der Waals surface area contributed by atoms with Crippen LogP contribution in [0.2, 0.25) is 0 Å². The highest BCUT2D eigenvalue weighted by Crippen LogP contribution is 2.34. The Morgan fingerprint density at radius 2 is 1.95 bits per heavy atom. The number of nitrogens with one attached hydrogen (secondary N) is 1. The van der Waals surface area contributed by atoms with Crippen LogP contribution in [0.1, 0.15) is 19.8 Å². The molecule has 0 radical (unpaired) electrons. The summed E-state index contributed by atoms with van der Waals surface area (Å²) in [5, 5.41) is 11.7. The van der Waals surface area contributed by atoms with Crippen LogP contribution in [0.25, 0.3) is 11.3 Å². The van der Waals surface area contributed by atoms with Gasteiger partial charge in [0.1, 0.15) is 18.6 Å². The van der Waals surface area contributed by atoms with Gasteiger partial charge < -0.3 is 20.0 Å². The third kappa shape index (κ3) is 5.08. The molecule has 5 rings (SSSR count). The van der Waals surface area contributed by atoms with Crippen molar-refractivity contribution in [3.8, 4) is 17.3 Å². The number of urea groups is 1. The molecule has 3 aliphatic heterocycles. The van der Waals surface area contributed by atoms with Crippen LogP contribution in [0, 0.1) is 11.3 Å². The molecule has 0 aliphatic carbocycles. The molecule has 4 amide bonds. The molecule has 0 bridgehead atoms. The van der Waals surface area contributed by atoms with E-state index < -0.39 is 54.9 Å². The Bertz CT molecular complexity index is 1430. The van der Waals surface area contributed by atoms with Crippen LogP contribution in [0.3, 0.4) is 0 Å². The van der Waals surface area contributed by atoms with Crippen molar-refractivity contribution in [3.05, 3.63) is 24.8 Å². The molecule has 0 spiro atoms. The Morgan fingerprint density at radius 1 is 1.22 bits per heavy atom. The highest BCUT2D eigenvalue weighted by atomic mass is 19.4. The van der Waals surface area contributed by atoms with E-state index in [0.29, 0.717) is 12.0 Å². The van der Waals surface area contributed by atoms with Crippen molar-refractivity contribution in [3.63, 3.8) is 0 Å². The van der Waals surface area contributed by atoms with Gasteiger partial charge >= 0.3 is 12.2 Å². The molecule has 214 valence electrons. The SMILES string of the molecule is C[C@@H](C(=O)Nc1cncc(-c2cnc(N3CCC[C@@H]3C(F)(F)F)nc2)n1)N1C=NC2C1C(=O)N(CC#N)C(=O)N2C. The number of carbonyl (C=O) groups is 3. The molecule has 14 nitrogen and oxygen atoms in total. The van der Waals surface area contributed by atoms with E-state index in [0.717, 1.165) is 9.80 Å². The second-order valence-electron chi connectivity index (χ2n) is 9.67. The smallest absolute Gasteiger partial charge is 0.335 e. The molecular formula is C24H24F3N11O3. The Balaban J connectivity index is 1.28. The quantitative estimate of drug-likeness (QED) is 0.499. The van der Waals surface area contributed by atoms with Crippen LogP contribution in [-0.4, -0.2) is 109 Å². The molecule has 5 heterocycles. The molecule has 1 N–H and O–H groups in total. The van der Waals surface area contributed by atoms with Gasteiger partial charge in [0.2, 0.25) is 11.9 Å². The molecule has 17 heteroatoms. The van der Waals surface area contributed by atoms with E-state index in [1.165, 1.54) is 48.0 Å². The van der Waals surface area contributed by atoms with Crippen molar-refractivity contribution in [2.45, 2.75) is 50.2 Å². The fourth-order valence-corrected chi connectivity index (χ4v) is 5.01. The number of anilines is 2. The molecule has 2 aromatic rings. The number of nitrogens with zero attached hydrogens (tertiary/aromatic N) is 10. The fraction of sp³-hybridized carbons (Fsp3) is 0.458. The van der Waals surface area contributed by atoms with Crippen LogP contribution in [0.15, 0.2) is 29.8 Å². The number of carbonyl (C=O) groups excluding carboxylic acids is 3. The zero-order chi connectivity index (χ0) is 29.5. The highest BCUT2D eigenvalue weighted by molar-refractivity contribution is 6.03. The summed E-state index contributed by atoms with van der Waals surface area (Å²) in [7, 11) is 1.46. The summed E-state index contributed by atoms with van der Waals surface area (Å²) in [6.07, 6.45) is 1.82. The van der Waals surface area contributed by atoms with Crippen molar-refractivity contribution in [2.24, 2.45) is 4.99 Å². The largest absolute Gasteiger partial charge is 0.408 e. The predicted octanol–water partition coefficient (Wildman–Crippen LogP) is 1.25. The number of imide groups is 1. The van der Waals surface area contributed by atoms with Crippen LogP contribution >= 0.6 is 0 Å². The average molecular weight is 572 g/mol. The number of likely N-dealkylation sites (N-methyl/N-ethyl adjacent to an activating group) is 1. The van der Waals surface area contributed by atoms with Gasteiger partial charge in [0.15, 0.2) is 18.0 Å². The number of hydrogen-bond acceptors (Lipinski definition) is 11. The van der Waals surface area contributed by atoms with E-state index in [2.05, 4.69) is 30.2 Å². The number of fused-ring (bicyclic) bond motifs is 1. The van der Waals surface area contributed by atoms with Gasteiger partial charge in [0.05, 0.1) is 30.5 Å². The van der Waals surface area contributed by atoms with Crippen LogP contribution < -0.4 is 10.2 Å². The lowest BCUT2D eigenvalue weighted by Crippen LogP contribution is -2.66. The molecule has 2 unspecified atom stereocenters. The van der Waals surface area contributed by atoms with Gasteiger partial charge in [-0.15, -0.1) is 0 Å². The first-order valence-corrected chi connectivity index (χ1v) is 12.6. The number of amides is 4. The third-order valence-electron chi connectivity index (χ3n) is 7.17. The van der Waals surface area contributed by atoms with E-state index in [1.54, 1.807) is 13.0 Å². The number of hydrogen-bond donors (Lipinski definition) is 1. The fourth-order valence-electron chi connectivity index (χ4n) is 5.01. The van der Waals surface area contributed by atoms with Crippen molar-refractivity contribution in [1.82, 2.24) is 34.6 Å². The van der Waals surface area contributed by atoms with Gasteiger partial charge in [0.25, 0.3) is 5.91 Å². The summed E-state index contributed by atoms with van der Waals surface area (Å²) in [5.41, 5.74) is 0.647. The second-order valence-corrected chi connectivity index (χ2v) is 9.67. The number of alkyl halides is 3. The van der Waals surface area contributed by atoms with E-state index >= 15 is 0 Å². The minimum atomic E-state index is -4.39. The van der Waals surface area contributed by atoms with Crippen LogP contribution in [-0.2, 0) is 9.59 Å². The molecule has 4 atom stereocenters. The molecule has 2 saturated heterocycles. The molecular weight excluding hydrogens is 547 g/mol. The number of nitriles is 1. The topological polar surface area (TPSA) is 164 Å². The van der Waals surface area contributed by atoms with Crippen molar-refractivity contribution in [1.29, 1.82) is 5.26 Å². The van der Waals surface area contributed by atoms with Crippen molar-refractivity contribution < 1.29 is 27.6 Å². The maximum absolute atomic E-state index is 13.3. The maximum atomic E-state index is 13.3. The summed E-state index contributed by atoms with van der Waals surface area (Å²) in [4.78, 5) is 64.0. The van der Waals surface area contributed by atoms with E-state index in [1.807, 2.05) is 0 Å². The molecule has 0 aromatic carbocycles. The Kier molecular flexibility index (Phi) is 7.15. The number of halogens is 3. The van der Waals surface area contributed by atoms with Gasteiger partial charge in [-0.1, -0.05) is 0 Å². The van der Waals surface area contributed by atoms with Gasteiger partial charge in [-0.25, -0.2) is 29.6 Å². The van der Waals surface area contributed by atoms with E-state index in [4.69, 9.17) is 5.26 Å². The van der Waals surface area contributed by atoms with Gasteiger partial charge in [-0.3, -0.25) is 14.6 Å². The van der Waals surface area contributed by atoms with E-state index in [-0.39, 0.29) is 30.4 Å². The summed E-state index contributed by atoms with van der Waals surface area (Å²) in [6.45, 7) is 1.30. The Hall–Kier alpha value is -4.88. The Morgan fingerprint density at radius 3 is 2.63 bits per heavy atom. The molecule has 41 heavy (non-hydrogen) atoms. The first-order valence-electron chi connectivity index (χ1n) is 12.6. The lowest BCUT2D eigenvalue weighted by atomic mass is 10.1. The minimum absolute atomic E-state index is 0.0218. The zero-order valence-corrected chi connectivity index (χ0v) is 21.9. The average Bonchev–Trinajstić information content (AvgIpc) is 3.62. The predicted molar refractivity (Wildman–Crippen MR) is 136 cm³/mol.